The molecule has 0 aliphatic rings. The van der Waals surface area contributed by atoms with Crippen LogP contribution in [0.25, 0.3) is 0 Å². The summed E-state index contributed by atoms with van der Waals surface area (Å²) in [7, 11) is 0. The second-order valence-corrected chi connectivity index (χ2v) is 7.07. The number of benzene rings is 1. The molecule has 3 aromatic rings. The van der Waals surface area contributed by atoms with Crippen LogP contribution in [0.15, 0.2) is 48.0 Å². The van der Waals surface area contributed by atoms with Gasteiger partial charge in [0.05, 0.1) is 14.9 Å². The Morgan fingerprint density at radius 3 is 2.84 bits per heavy atom. The van der Waals surface area contributed by atoms with Crippen molar-refractivity contribution in [3.63, 3.8) is 0 Å². The number of carbonyl (C=O) groups is 1. The van der Waals surface area contributed by atoms with E-state index in [1.165, 1.54) is 23.6 Å². The zero-order valence-electron chi connectivity index (χ0n) is 13.3. The van der Waals surface area contributed by atoms with Crippen LogP contribution < -0.4 is 10.1 Å². The molecule has 0 unspecified atom stereocenters. The SMILES string of the molecule is Cc1ccccc1OCc1csc(C(=O)Nc2ncc(Cl)cc2Cl)c1. The first-order valence-corrected chi connectivity index (χ1v) is 9.05. The van der Waals surface area contributed by atoms with Crippen molar-refractivity contribution >= 4 is 46.3 Å². The highest BCUT2D eigenvalue weighted by Gasteiger charge is 2.13. The van der Waals surface area contributed by atoms with Gasteiger partial charge in [0, 0.05) is 11.8 Å². The van der Waals surface area contributed by atoms with E-state index in [-0.39, 0.29) is 11.7 Å². The summed E-state index contributed by atoms with van der Waals surface area (Å²) in [6.07, 6.45) is 1.43. The molecule has 0 atom stereocenters. The molecule has 2 aromatic heterocycles. The minimum absolute atomic E-state index is 0.274. The maximum Gasteiger partial charge on any atom is 0.266 e. The summed E-state index contributed by atoms with van der Waals surface area (Å²) < 4.78 is 5.79. The Morgan fingerprint density at radius 1 is 1.28 bits per heavy atom. The van der Waals surface area contributed by atoms with Crippen molar-refractivity contribution in [2.45, 2.75) is 13.5 Å². The fourth-order valence-electron chi connectivity index (χ4n) is 2.13. The molecule has 7 heteroatoms. The van der Waals surface area contributed by atoms with Gasteiger partial charge in [-0.3, -0.25) is 4.79 Å². The van der Waals surface area contributed by atoms with Crippen LogP contribution in [0.1, 0.15) is 20.8 Å². The van der Waals surface area contributed by atoms with Crippen LogP contribution in [0.3, 0.4) is 0 Å². The normalized spacial score (nSPS) is 10.5. The van der Waals surface area contributed by atoms with E-state index in [2.05, 4.69) is 10.3 Å². The zero-order valence-corrected chi connectivity index (χ0v) is 15.6. The summed E-state index contributed by atoms with van der Waals surface area (Å²) in [5.41, 5.74) is 1.99. The largest absolute Gasteiger partial charge is 0.489 e. The number of pyridine rings is 1. The number of para-hydroxylation sites is 1. The van der Waals surface area contributed by atoms with Gasteiger partial charge in [0.25, 0.3) is 5.91 Å². The third kappa shape index (κ3) is 4.51. The minimum Gasteiger partial charge on any atom is -0.489 e. The molecule has 1 aromatic carbocycles. The van der Waals surface area contributed by atoms with E-state index in [1.54, 1.807) is 6.07 Å². The van der Waals surface area contributed by atoms with E-state index in [4.69, 9.17) is 27.9 Å². The molecule has 25 heavy (non-hydrogen) atoms. The number of hydrogen-bond donors (Lipinski definition) is 1. The lowest BCUT2D eigenvalue weighted by molar-refractivity contribution is 0.103. The Labute approximate surface area is 159 Å². The fourth-order valence-corrected chi connectivity index (χ4v) is 3.34. The topological polar surface area (TPSA) is 51.2 Å². The lowest BCUT2D eigenvalue weighted by Gasteiger charge is -2.07. The van der Waals surface area contributed by atoms with Crippen LogP contribution in [-0.4, -0.2) is 10.9 Å². The second kappa shape index (κ2) is 7.87. The Balaban J connectivity index is 1.64. The number of rotatable bonds is 5. The lowest BCUT2D eigenvalue weighted by Crippen LogP contribution is -2.11. The van der Waals surface area contributed by atoms with Gasteiger partial charge in [-0.1, -0.05) is 41.4 Å². The zero-order chi connectivity index (χ0) is 17.8. The summed E-state index contributed by atoms with van der Waals surface area (Å²) in [4.78, 5) is 16.9. The molecule has 128 valence electrons. The third-order valence-electron chi connectivity index (χ3n) is 3.41. The average Bonchev–Trinajstić information content (AvgIpc) is 3.06. The molecule has 0 saturated heterocycles. The van der Waals surface area contributed by atoms with Gasteiger partial charge in [-0.15, -0.1) is 11.3 Å². The van der Waals surface area contributed by atoms with Crippen LogP contribution in [0.5, 0.6) is 5.75 Å². The highest BCUT2D eigenvalue weighted by Crippen LogP contribution is 2.25. The van der Waals surface area contributed by atoms with E-state index in [9.17, 15) is 4.79 Å². The van der Waals surface area contributed by atoms with Crippen LogP contribution in [0, 0.1) is 6.92 Å². The molecule has 0 aliphatic heterocycles. The summed E-state index contributed by atoms with van der Waals surface area (Å²) in [6.45, 7) is 2.39. The molecule has 0 saturated carbocycles. The fraction of sp³-hybridized carbons (Fsp3) is 0.111. The second-order valence-electron chi connectivity index (χ2n) is 5.31. The van der Waals surface area contributed by atoms with E-state index in [1.807, 2.05) is 36.6 Å². The number of nitrogens with zero attached hydrogens (tertiary/aromatic N) is 1. The number of aromatic nitrogens is 1. The van der Waals surface area contributed by atoms with Gasteiger partial charge in [0.1, 0.15) is 12.4 Å². The number of hydrogen-bond acceptors (Lipinski definition) is 4. The summed E-state index contributed by atoms with van der Waals surface area (Å²) in [5.74, 6) is 0.836. The van der Waals surface area contributed by atoms with E-state index >= 15 is 0 Å². The van der Waals surface area contributed by atoms with Crippen molar-refractivity contribution in [2.75, 3.05) is 5.32 Å². The van der Waals surface area contributed by atoms with Crippen molar-refractivity contribution in [1.29, 1.82) is 0 Å². The molecule has 1 N–H and O–H groups in total. The molecular formula is C18H14Cl2N2O2S. The first-order chi connectivity index (χ1) is 12.0. The van der Waals surface area contributed by atoms with Gasteiger partial charge in [0.2, 0.25) is 0 Å². The monoisotopic (exact) mass is 392 g/mol. The number of nitrogens with one attached hydrogen (secondary N) is 1. The summed E-state index contributed by atoms with van der Waals surface area (Å²) in [6, 6.07) is 11.1. The number of ether oxygens (including phenoxy) is 1. The number of thiophene rings is 1. The van der Waals surface area contributed by atoms with E-state index in [0.29, 0.717) is 21.5 Å². The van der Waals surface area contributed by atoms with Crippen molar-refractivity contribution in [2.24, 2.45) is 0 Å². The Morgan fingerprint density at radius 2 is 2.08 bits per heavy atom. The molecule has 3 rings (SSSR count). The van der Waals surface area contributed by atoms with Crippen LogP contribution >= 0.6 is 34.5 Å². The number of carbonyl (C=O) groups excluding carboxylic acids is 1. The van der Waals surface area contributed by atoms with Crippen molar-refractivity contribution in [3.8, 4) is 5.75 Å². The standard InChI is InChI=1S/C18H14Cl2N2O2S/c1-11-4-2-3-5-15(11)24-9-12-6-16(25-10-12)18(23)22-17-14(20)7-13(19)8-21-17/h2-8,10H,9H2,1H3,(H,21,22,23). The lowest BCUT2D eigenvalue weighted by atomic mass is 10.2. The summed E-state index contributed by atoms with van der Waals surface area (Å²) in [5, 5.41) is 5.28. The molecule has 1 amide bonds. The number of aryl methyl sites for hydroxylation is 1. The van der Waals surface area contributed by atoms with Gasteiger partial charge in [-0.05, 0) is 36.1 Å². The van der Waals surface area contributed by atoms with E-state index in [0.717, 1.165) is 16.9 Å². The van der Waals surface area contributed by atoms with Gasteiger partial charge in [-0.2, -0.15) is 0 Å². The average molecular weight is 393 g/mol. The third-order valence-corrected chi connectivity index (χ3v) is 4.88. The highest BCUT2D eigenvalue weighted by molar-refractivity contribution is 7.12. The molecule has 0 bridgehead atoms. The minimum atomic E-state index is -0.274. The summed E-state index contributed by atoms with van der Waals surface area (Å²) >= 11 is 13.2. The van der Waals surface area contributed by atoms with Crippen molar-refractivity contribution < 1.29 is 9.53 Å². The van der Waals surface area contributed by atoms with Crippen molar-refractivity contribution in [1.82, 2.24) is 4.98 Å². The van der Waals surface area contributed by atoms with Gasteiger partial charge >= 0.3 is 0 Å². The van der Waals surface area contributed by atoms with E-state index < -0.39 is 0 Å². The smallest absolute Gasteiger partial charge is 0.266 e. The van der Waals surface area contributed by atoms with Gasteiger partial charge in [0.15, 0.2) is 5.82 Å². The molecule has 4 nitrogen and oxygen atoms in total. The quantitative estimate of drug-likeness (QED) is 0.615. The Bertz CT molecular complexity index is 912. The van der Waals surface area contributed by atoms with Crippen LogP contribution in [0.2, 0.25) is 10.0 Å². The number of halogens is 2. The maximum absolute atomic E-state index is 12.3. The number of amides is 1. The molecule has 0 aliphatic carbocycles. The first-order valence-electron chi connectivity index (χ1n) is 7.41. The van der Waals surface area contributed by atoms with Crippen molar-refractivity contribution in [3.05, 3.63) is 74.0 Å². The Kier molecular flexibility index (Phi) is 5.58. The van der Waals surface area contributed by atoms with Crippen LogP contribution in [0.4, 0.5) is 5.82 Å². The van der Waals surface area contributed by atoms with Gasteiger partial charge in [-0.25, -0.2) is 4.98 Å². The predicted molar refractivity (Wildman–Crippen MR) is 102 cm³/mol. The molecular weight excluding hydrogens is 379 g/mol. The highest BCUT2D eigenvalue weighted by atomic mass is 35.5. The predicted octanol–water partition coefficient (Wildman–Crippen LogP) is 5.59. The molecule has 2 heterocycles. The Hall–Kier alpha value is -2.08. The molecule has 0 fully saturated rings. The molecule has 0 spiro atoms. The first kappa shape index (κ1) is 17.7. The van der Waals surface area contributed by atoms with Crippen LogP contribution in [-0.2, 0) is 6.61 Å². The van der Waals surface area contributed by atoms with Gasteiger partial charge < -0.3 is 10.1 Å². The number of anilines is 1. The molecule has 0 radical (unpaired) electrons. The maximum atomic E-state index is 12.3.